The number of nitrogens with zero attached hydrogens (tertiary/aromatic N) is 5. The zero-order valence-corrected chi connectivity index (χ0v) is 16.9. The zero-order chi connectivity index (χ0) is 20.4. The summed E-state index contributed by atoms with van der Waals surface area (Å²) in [4.78, 5) is 12.5. The van der Waals surface area contributed by atoms with E-state index >= 15 is 0 Å². The van der Waals surface area contributed by atoms with Gasteiger partial charge in [0.05, 0.1) is 18.5 Å². The van der Waals surface area contributed by atoms with Crippen LogP contribution in [0.2, 0.25) is 5.02 Å². The van der Waals surface area contributed by atoms with Gasteiger partial charge in [-0.2, -0.15) is 15.5 Å². The molecule has 7 heteroatoms. The number of nitriles is 1. The minimum absolute atomic E-state index is 0.102. The number of aryl methyl sites for hydroxylation is 3. The summed E-state index contributed by atoms with van der Waals surface area (Å²) in [5.74, 6) is 0. The standard InChI is InChI=1S/C21H20ClN5O/c1-13-9-14(2)27(21(28)18(13)10-23)24-11-19-15(3)25-26(16(19)4)12-17-7-5-6-8-20(17)22/h5-9,11H,12H2,1-4H3. The van der Waals surface area contributed by atoms with Gasteiger partial charge >= 0.3 is 0 Å². The van der Waals surface area contributed by atoms with Crippen molar-refractivity contribution >= 4 is 17.8 Å². The lowest BCUT2D eigenvalue weighted by Crippen LogP contribution is -2.22. The highest BCUT2D eigenvalue weighted by Gasteiger charge is 2.13. The van der Waals surface area contributed by atoms with Crippen LogP contribution in [0.25, 0.3) is 0 Å². The molecule has 0 aliphatic rings. The van der Waals surface area contributed by atoms with Crippen molar-refractivity contribution in [2.45, 2.75) is 34.2 Å². The topological polar surface area (TPSA) is 76.0 Å². The van der Waals surface area contributed by atoms with Crippen LogP contribution in [0, 0.1) is 39.0 Å². The highest BCUT2D eigenvalue weighted by Crippen LogP contribution is 2.19. The predicted molar refractivity (Wildman–Crippen MR) is 110 cm³/mol. The molecule has 2 aromatic heterocycles. The van der Waals surface area contributed by atoms with Crippen LogP contribution in [0.4, 0.5) is 0 Å². The van der Waals surface area contributed by atoms with E-state index in [1.807, 2.05) is 48.9 Å². The summed E-state index contributed by atoms with van der Waals surface area (Å²) in [6.07, 6.45) is 1.62. The summed E-state index contributed by atoms with van der Waals surface area (Å²) >= 11 is 6.26. The van der Waals surface area contributed by atoms with E-state index in [4.69, 9.17) is 11.6 Å². The Morgan fingerprint density at radius 2 is 1.96 bits per heavy atom. The van der Waals surface area contributed by atoms with Gasteiger partial charge in [-0.1, -0.05) is 29.8 Å². The van der Waals surface area contributed by atoms with Gasteiger partial charge < -0.3 is 0 Å². The maximum Gasteiger partial charge on any atom is 0.289 e. The first-order valence-electron chi connectivity index (χ1n) is 8.78. The van der Waals surface area contributed by atoms with Crippen LogP contribution >= 0.6 is 11.6 Å². The zero-order valence-electron chi connectivity index (χ0n) is 16.2. The first-order valence-corrected chi connectivity index (χ1v) is 9.16. The van der Waals surface area contributed by atoms with Gasteiger partial charge in [0.1, 0.15) is 11.6 Å². The summed E-state index contributed by atoms with van der Waals surface area (Å²) in [7, 11) is 0. The van der Waals surface area contributed by atoms with Crippen LogP contribution in [0.15, 0.2) is 40.2 Å². The van der Waals surface area contributed by atoms with E-state index in [-0.39, 0.29) is 5.56 Å². The number of halogens is 1. The van der Waals surface area contributed by atoms with E-state index in [1.54, 1.807) is 26.1 Å². The fourth-order valence-corrected chi connectivity index (χ4v) is 3.31. The molecule has 0 saturated carbocycles. The number of benzene rings is 1. The molecule has 28 heavy (non-hydrogen) atoms. The van der Waals surface area contributed by atoms with E-state index in [0.29, 0.717) is 22.8 Å². The molecule has 0 saturated heterocycles. The van der Waals surface area contributed by atoms with Crippen molar-refractivity contribution in [3.05, 3.63) is 85.0 Å². The Morgan fingerprint density at radius 1 is 1.25 bits per heavy atom. The molecule has 1 aromatic carbocycles. The minimum Gasteiger partial charge on any atom is -0.266 e. The number of rotatable bonds is 4. The lowest BCUT2D eigenvalue weighted by molar-refractivity contribution is 0.659. The molecule has 142 valence electrons. The maximum absolute atomic E-state index is 12.5. The molecular formula is C21H20ClN5O. The van der Waals surface area contributed by atoms with E-state index in [1.165, 1.54) is 4.68 Å². The predicted octanol–water partition coefficient (Wildman–Crippen LogP) is 3.73. The Bertz CT molecular complexity index is 1180. The van der Waals surface area contributed by atoms with Crippen molar-refractivity contribution in [1.82, 2.24) is 14.5 Å². The lowest BCUT2D eigenvalue weighted by Gasteiger charge is -2.07. The molecule has 0 amide bonds. The first-order chi connectivity index (χ1) is 13.3. The van der Waals surface area contributed by atoms with Crippen LogP contribution < -0.4 is 5.56 Å². The molecule has 0 radical (unpaired) electrons. The van der Waals surface area contributed by atoms with E-state index < -0.39 is 5.56 Å². The molecule has 2 heterocycles. The van der Waals surface area contributed by atoms with Crippen molar-refractivity contribution in [3.8, 4) is 6.07 Å². The van der Waals surface area contributed by atoms with Crippen LogP contribution in [0.3, 0.4) is 0 Å². The molecule has 0 aliphatic carbocycles. The van der Waals surface area contributed by atoms with Gasteiger partial charge in [0.15, 0.2) is 0 Å². The Hall–Kier alpha value is -3.17. The van der Waals surface area contributed by atoms with Crippen molar-refractivity contribution in [3.63, 3.8) is 0 Å². The second-order valence-electron chi connectivity index (χ2n) is 6.65. The van der Waals surface area contributed by atoms with Gasteiger partial charge in [-0.25, -0.2) is 4.68 Å². The molecule has 0 unspecified atom stereocenters. The average molecular weight is 394 g/mol. The van der Waals surface area contributed by atoms with Gasteiger partial charge in [0.2, 0.25) is 0 Å². The Balaban J connectivity index is 1.99. The molecule has 0 atom stereocenters. The highest BCUT2D eigenvalue weighted by molar-refractivity contribution is 6.31. The highest BCUT2D eigenvalue weighted by atomic mass is 35.5. The van der Waals surface area contributed by atoms with E-state index in [2.05, 4.69) is 10.2 Å². The fraction of sp³-hybridized carbons (Fsp3) is 0.238. The third-order valence-corrected chi connectivity index (χ3v) is 5.06. The largest absolute Gasteiger partial charge is 0.289 e. The molecular weight excluding hydrogens is 374 g/mol. The van der Waals surface area contributed by atoms with Crippen LogP contribution in [0.1, 0.15) is 39.3 Å². The fourth-order valence-electron chi connectivity index (χ4n) is 3.12. The van der Waals surface area contributed by atoms with Gasteiger partial charge in [0, 0.05) is 22.0 Å². The quantitative estimate of drug-likeness (QED) is 0.633. The smallest absolute Gasteiger partial charge is 0.266 e. The second kappa shape index (κ2) is 7.83. The van der Waals surface area contributed by atoms with Gasteiger partial charge in [0.25, 0.3) is 5.56 Å². The van der Waals surface area contributed by atoms with Crippen LogP contribution in [0.5, 0.6) is 0 Å². The SMILES string of the molecule is Cc1cc(C)n(N=Cc2c(C)nn(Cc3ccccc3Cl)c2C)c(=O)c1C#N. The number of hydrogen-bond acceptors (Lipinski definition) is 4. The van der Waals surface area contributed by atoms with Gasteiger partial charge in [-0.3, -0.25) is 9.48 Å². The average Bonchev–Trinajstić information content (AvgIpc) is 2.90. The lowest BCUT2D eigenvalue weighted by atomic mass is 10.1. The molecule has 3 aromatic rings. The Kier molecular flexibility index (Phi) is 5.48. The summed E-state index contributed by atoms with van der Waals surface area (Å²) in [6, 6.07) is 11.4. The van der Waals surface area contributed by atoms with Crippen molar-refractivity contribution in [2.75, 3.05) is 0 Å². The minimum atomic E-state index is -0.421. The van der Waals surface area contributed by atoms with Crippen molar-refractivity contribution in [1.29, 1.82) is 5.26 Å². The Morgan fingerprint density at radius 3 is 2.64 bits per heavy atom. The van der Waals surface area contributed by atoms with Crippen molar-refractivity contribution in [2.24, 2.45) is 5.10 Å². The van der Waals surface area contributed by atoms with Crippen LogP contribution in [-0.4, -0.2) is 20.7 Å². The number of aromatic nitrogens is 3. The molecule has 0 aliphatic heterocycles. The van der Waals surface area contributed by atoms with Crippen molar-refractivity contribution < 1.29 is 0 Å². The summed E-state index contributed by atoms with van der Waals surface area (Å²) < 4.78 is 3.11. The third kappa shape index (κ3) is 3.62. The maximum atomic E-state index is 12.5. The second-order valence-corrected chi connectivity index (χ2v) is 7.06. The molecule has 3 rings (SSSR count). The number of pyridine rings is 1. The van der Waals surface area contributed by atoms with Crippen LogP contribution in [-0.2, 0) is 6.54 Å². The molecule has 0 N–H and O–H groups in total. The van der Waals surface area contributed by atoms with Gasteiger partial charge in [-0.15, -0.1) is 0 Å². The monoisotopic (exact) mass is 393 g/mol. The third-order valence-electron chi connectivity index (χ3n) is 4.69. The number of hydrogen-bond donors (Lipinski definition) is 0. The Labute approximate surface area is 168 Å². The molecule has 0 bridgehead atoms. The summed E-state index contributed by atoms with van der Waals surface area (Å²) in [6.45, 7) is 7.91. The summed E-state index contributed by atoms with van der Waals surface area (Å²) in [5, 5.41) is 18.8. The first kappa shape index (κ1) is 19.6. The summed E-state index contributed by atoms with van der Waals surface area (Å²) in [5.41, 5.74) is 4.51. The van der Waals surface area contributed by atoms with E-state index in [9.17, 15) is 10.1 Å². The van der Waals surface area contributed by atoms with Gasteiger partial charge in [-0.05, 0) is 51.0 Å². The molecule has 0 spiro atoms. The van der Waals surface area contributed by atoms with E-state index in [0.717, 1.165) is 22.5 Å². The normalized spacial score (nSPS) is 11.1. The molecule has 6 nitrogen and oxygen atoms in total. The molecule has 0 fully saturated rings.